The van der Waals surface area contributed by atoms with Gasteiger partial charge in [0.2, 0.25) is 0 Å². The minimum absolute atomic E-state index is 0.174. The van der Waals surface area contributed by atoms with Gasteiger partial charge >= 0.3 is 5.97 Å². The Morgan fingerprint density at radius 1 is 1.40 bits per heavy atom. The molecule has 1 aromatic carbocycles. The number of hydrogen-bond acceptors (Lipinski definition) is 2. The molecule has 3 nitrogen and oxygen atoms in total. The molecule has 0 radical (unpaired) electrons. The third kappa shape index (κ3) is 2.45. The normalized spacial score (nSPS) is 30.2. The Kier molecular flexibility index (Phi) is 3.74. The molecule has 108 valence electrons. The zero-order valence-corrected chi connectivity index (χ0v) is 12.4. The maximum Gasteiger partial charge on any atom is 0.306 e. The van der Waals surface area contributed by atoms with E-state index in [2.05, 4.69) is 24.0 Å². The maximum atomic E-state index is 11.1. The van der Waals surface area contributed by atoms with Gasteiger partial charge in [0, 0.05) is 17.1 Å². The van der Waals surface area contributed by atoms with Crippen molar-refractivity contribution >= 4 is 17.6 Å². The number of halogens is 1. The summed E-state index contributed by atoms with van der Waals surface area (Å²) in [6, 6.07) is 6.95. The van der Waals surface area contributed by atoms with Gasteiger partial charge in [0.25, 0.3) is 0 Å². The molecule has 1 N–H and O–H groups in total. The molecular formula is C16H20ClNO2. The van der Waals surface area contributed by atoms with Gasteiger partial charge in [-0.2, -0.15) is 0 Å². The SMILES string of the molecule is CC1CC(C(=O)O)CCN1C1CCc2cc(Cl)ccc21. The number of carboxylic acids is 1. The summed E-state index contributed by atoms with van der Waals surface area (Å²) in [4.78, 5) is 13.6. The molecule has 4 heteroatoms. The number of aryl methyl sites for hydroxylation is 1. The van der Waals surface area contributed by atoms with Gasteiger partial charge in [-0.05, 0) is 62.4 Å². The Bertz CT molecular complexity index is 531. The molecule has 1 aliphatic carbocycles. The summed E-state index contributed by atoms with van der Waals surface area (Å²) in [5.41, 5.74) is 2.74. The van der Waals surface area contributed by atoms with Crippen molar-refractivity contribution < 1.29 is 9.90 Å². The molecule has 1 aliphatic heterocycles. The van der Waals surface area contributed by atoms with Crippen LogP contribution in [-0.4, -0.2) is 28.6 Å². The van der Waals surface area contributed by atoms with Gasteiger partial charge in [0.15, 0.2) is 0 Å². The van der Waals surface area contributed by atoms with Crippen LogP contribution in [0.1, 0.15) is 43.4 Å². The van der Waals surface area contributed by atoms with E-state index in [1.54, 1.807) is 0 Å². The molecule has 0 aromatic heterocycles. The average Bonchev–Trinajstić information content (AvgIpc) is 2.81. The molecule has 0 saturated carbocycles. The highest BCUT2D eigenvalue weighted by Crippen LogP contribution is 2.40. The van der Waals surface area contributed by atoms with Crippen molar-refractivity contribution in [3.63, 3.8) is 0 Å². The van der Waals surface area contributed by atoms with E-state index in [0.29, 0.717) is 12.1 Å². The zero-order valence-electron chi connectivity index (χ0n) is 11.7. The Hall–Kier alpha value is -1.06. The molecular weight excluding hydrogens is 274 g/mol. The standard InChI is InChI=1S/C16H20ClNO2/c1-10-8-12(16(19)20)6-7-18(10)15-5-2-11-9-13(17)3-4-14(11)15/h3-4,9-10,12,15H,2,5-8H2,1H3,(H,19,20). The zero-order chi connectivity index (χ0) is 14.3. The molecule has 3 unspecified atom stereocenters. The first-order valence-corrected chi connectivity index (χ1v) is 7.71. The Labute approximate surface area is 124 Å². The van der Waals surface area contributed by atoms with Gasteiger partial charge in [-0.3, -0.25) is 9.69 Å². The van der Waals surface area contributed by atoms with Gasteiger partial charge in [0.05, 0.1) is 5.92 Å². The number of rotatable bonds is 2. The monoisotopic (exact) mass is 293 g/mol. The third-order valence-corrected chi connectivity index (χ3v) is 5.06. The highest BCUT2D eigenvalue weighted by atomic mass is 35.5. The van der Waals surface area contributed by atoms with Gasteiger partial charge < -0.3 is 5.11 Å². The lowest BCUT2D eigenvalue weighted by molar-refractivity contribution is -0.144. The van der Waals surface area contributed by atoms with Crippen LogP contribution in [0.5, 0.6) is 0 Å². The number of benzene rings is 1. The summed E-state index contributed by atoms with van der Waals surface area (Å²) in [7, 11) is 0. The lowest BCUT2D eigenvalue weighted by Crippen LogP contribution is -2.44. The Morgan fingerprint density at radius 3 is 2.90 bits per heavy atom. The van der Waals surface area contributed by atoms with E-state index in [1.165, 1.54) is 11.1 Å². The summed E-state index contributed by atoms with van der Waals surface area (Å²) in [6.45, 7) is 3.04. The molecule has 3 atom stereocenters. The molecule has 0 bridgehead atoms. The largest absolute Gasteiger partial charge is 0.481 e. The van der Waals surface area contributed by atoms with Crippen molar-refractivity contribution in [3.8, 4) is 0 Å². The first-order chi connectivity index (χ1) is 9.56. The molecule has 1 saturated heterocycles. The topological polar surface area (TPSA) is 40.5 Å². The van der Waals surface area contributed by atoms with Crippen molar-refractivity contribution in [1.82, 2.24) is 4.90 Å². The van der Waals surface area contributed by atoms with Crippen molar-refractivity contribution in [2.75, 3.05) is 6.54 Å². The number of hydrogen-bond donors (Lipinski definition) is 1. The van der Waals surface area contributed by atoms with Crippen molar-refractivity contribution in [1.29, 1.82) is 0 Å². The fourth-order valence-corrected chi connectivity index (χ4v) is 3.98. The number of carbonyl (C=O) groups is 1. The number of fused-ring (bicyclic) bond motifs is 1. The third-order valence-electron chi connectivity index (χ3n) is 4.83. The van der Waals surface area contributed by atoms with E-state index >= 15 is 0 Å². The van der Waals surface area contributed by atoms with Crippen molar-refractivity contribution in [2.24, 2.45) is 5.92 Å². The highest BCUT2D eigenvalue weighted by Gasteiger charge is 2.36. The molecule has 1 fully saturated rings. The van der Waals surface area contributed by atoms with Crippen LogP contribution in [0.2, 0.25) is 5.02 Å². The lowest BCUT2D eigenvalue weighted by Gasteiger charge is -2.40. The van der Waals surface area contributed by atoms with Gasteiger partial charge in [-0.25, -0.2) is 0 Å². The number of likely N-dealkylation sites (tertiary alicyclic amines) is 1. The van der Waals surface area contributed by atoms with Crippen LogP contribution in [-0.2, 0) is 11.2 Å². The second-order valence-electron chi connectivity index (χ2n) is 6.04. The van der Waals surface area contributed by atoms with Crippen LogP contribution in [0.4, 0.5) is 0 Å². The first kappa shape index (κ1) is 13.9. The molecule has 2 aliphatic rings. The van der Waals surface area contributed by atoms with E-state index in [4.69, 9.17) is 16.7 Å². The minimum Gasteiger partial charge on any atom is -0.481 e. The van der Waals surface area contributed by atoms with Crippen LogP contribution < -0.4 is 0 Å². The van der Waals surface area contributed by atoms with Crippen molar-refractivity contribution in [3.05, 3.63) is 34.3 Å². The summed E-state index contributed by atoms with van der Waals surface area (Å²) in [6.07, 6.45) is 3.72. The summed E-state index contributed by atoms with van der Waals surface area (Å²) >= 11 is 6.06. The predicted octanol–water partition coefficient (Wildman–Crippen LogP) is 3.51. The molecule has 3 rings (SSSR count). The van der Waals surface area contributed by atoms with Crippen LogP contribution in [0.15, 0.2) is 18.2 Å². The fraction of sp³-hybridized carbons (Fsp3) is 0.562. The van der Waals surface area contributed by atoms with Gasteiger partial charge in [-0.1, -0.05) is 17.7 Å². The smallest absolute Gasteiger partial charge is 0.306 e. The lowest BCUT2D eigenvalue weighted by atomic mass is 9.89. The second kappa shape index (κ2) is 5.38. The first-order valence-electron chi connectivity index (χ1n) is 7.33. The van der Waals surface area contributed by atoms with Crippen LogP contribution in [0.3, 0.4) is 0 Å². The Balaban J connectivity index is 1.78. The van der Waals surface area contributed by atoms with E-state index in [1.807, 2.05) is 6.07 Å². The number of aliphatic carboxylic acids is 1. The number of carboxylic acid groups (broad SMARTS) is 1. The fourth-order valence-electron chi connectivity index (χ4n) is 3.79. The van der Waals surface area contributed by atoms with E-state index in [9.17, 15) is 4.79 Å². The van der Waals surface area contributed by atoms with Crippen LogP contribution in [0.25, 0.3) is 0 Å². The maximum absolute atomic E-state index is 11.1. The molecule has 1 heterocycles. The second-order valence-corrected chi connectivity index (χ2v) is 6.48. The average molecular weight is 294 g/mol. The number of piperidine rings is 1. The molecule has 0 amide bonds. The van der Waals surface area contributed by atoms with E-state index < -0.39 is 5.97 Å². The summed E-state index contributed by atoms with van der Waals surface area (Å²) in [5.74, 6) is -0.817. The van der Waals surface area contributed by atoms with Crippen molar-refractivity contribution in [2.45, 2.75) is 44.7 Å². The molecule has 0 spiro atoms. The van der Waals surface area contributed by atoms with Crippen LogP contribution in [0, 0.1) is 5.92 Å². The summed E-state index contributed by atoms with van der Waals surface area (Å²) in [5, 5.41) is 9.97. The highest BCUT2D eigenvalue weighted by molar-refractivity contribution is 6.30. The summed E-state index contributed by atoms with van der Waals surface area (Å²) < 4.78 is 0. The predicted molar refractivity (Wildman–Crippen MR) is 79.0 cm³/mol. The van der Waals surface area contributed by atoms with E-state index in [-0.39, 0.29) is 5.92 Å². The van der Waals surface area contributed by atoms with Crippen LogP contribution >= 0.6 is 11.6 Å². The minimum atomic E-state index is -0.643. The quantitative estimate of drug-likeness (QED) is 0.907. The molecule has 20 heavy (non-hydrogen) atoms. The molecule has 1 aromatic rings. The van der Waals surface area contributed by atoms with Gasteiger partial charge in [0.1, 0.15) is 0 Å². The Morgan fingerprint density at radius 2 is 2.20 bits per heavy atom. The van der Waals surface area contributed by atoms with E-state index in [0.717, 1.165) is 37.3 Å². The van der Waals surface area contributed by atoms with Gasteiger partial charge in [-0.15, -0.1) is 0 Å². The number of nitrogens with zero attached hydrogens (tertiary/aromatic N) is 1.